The van der Waals surface area contributed by atoms with Gasteiger partial charge in [0.25, 0.3) is 0 Å². The fourth-order valence-electron chi connectivity index (χ4n) is 3.22. The van der Waals surface area contributed by atoms with Crippen LogP contribution in [0.1, 0.15) is 56.2 Å². The van der Waals surface area contributed by atoms with Gasteiger partial charge in [-0.2, -0.15) is 0 Å². The van der Waals surface area contributed by atoms with E-state index in [0.717, 1.165) is 18.0 Å². The first kappa shape index (κ1) is 10.8. The van der Waals surface area contributed by atoms with Crippen LogP contribution in [0.15, 0.2) is 18.3 Å². The Kier molecular flexibility index (Phi) is 2.87. The maximum atomic E-state index is 4.45. The molecule has 0 spiro atoms. The molecule has 1 saturated carbocycles. The second kappa shape index (κ2) is 4.52. The number of aromatic nitrogens is 2. The van der Waals surface area contributed by atoms with E-state index in [-0.39, 0.29) is 0 Å². The monoisotopic (exact) mass is 228 g/mol. The fraction of sp³-hybridized carbons (Fsp3) is 0.533. The molecular formula is C15H20N2. The van der Waals surface area contributed by atoms with Gasteiger partial charge in [0.1, 0.15) is 5.65 Å². The highest BCUT2D eigenvalue weighted by molar-refractivity contribution is 5.81. The second-order valence-corrected chi connectivity index (χ2v) is 5.11. The molecule has 90 valence electrons. The normalized spacial score (nSPS) is 17.7. The van der Waals surface area contributed by atoms with Crippen LogP contribution in [0.5, 0.6) is 0 Å². The summed E-state index contributed by atoms with van der Waals surface area (Å²) >= 11 is 0. The van der Waals surface area contributed by atoms with Gasteiger partial charge in [-0.25, -0.2) is 4.98 Å². The van der Waals surface area contributed by atoms with Crippen LogP contribution < -0.4 is 0 Å². The molecule has 0 bridgehead atoms. The molecule has 2 aromatic rings. The van der Waals surface area contributed by atoms with Crippen LogP contribution in [0.3, 0.4) is 0 Å². The molecule has 2 heterocycles. The lowest BCUT2D eigenvalue weighted by Crippen LogP contribution is -2.06. The molecular weight excluding hydrogens is 208 g/mol. The van der Waals surface area contributed by atoms with Gasteiger partial charge in [-0.3, -0.25) is 0 Å². The molecule has 0 aromatic carbocycles. The van der Waals surface area contributed by atoms with Gasteiger partial charge in [-0.05, 0) is 42.9 Å². The highest BCUT2D eigenvalue weighted by Gasteiger charge is 2.21. The molecule has 1 fully saturated rings. The van der Waals surface area contributed by atoms with Crippen molar-refractivity contribution in [1.82, 2.24) is 9.97 Å². The molecule has 17 heavy (non-hydrogen) atoms. The quantitative estimate of drug-likeness (QED) is 0.821. The van der Waals surface area contributed by atoms with E-state index in [2.05, 4.69) is 23.0 Å². The zero-order valence-electron chi connectivity index (χ0n) is 10.5. The third-order valence-electron chi connectivity index (χ3n) is 4.08. The SMILES string of the molecule is CCc1c(C2CCCCC2)[nH]c2ncccc12. The van der Waals surface area contributed by atoms with Crippen molar-refractivity contribution in [3.05, 3.63) is 29.6 Å². The molecule has 2 nitrogen and oxygen atoms in total. The van der Waals surface area contributed by atoms with Crippen molar-refractivity contribution in [3.8, 4) is 0 Å². The van der Waals surface area contributed by atoms with Crippen LogP contribution in [-0.4, -0.2) is 9.97 Å². The van der Waals surface area contributed by atoms with Crippen molar-refractivity contribution in [3.63, 3.8) is 0 Å². The number of hydrogen-bond acceptors (Lipinski definition) is 1. The summed E-state index contributed by atoms with van der Waals surface area (Å²) in [7, 11) is 0. The highest BCUT2D eigenvalue weighted by Crippen LogP contribution is 2.36. The maximum absolute atomic E-state index is 4.45. The molecule has 2 heteroatoms. The summed E-state index contributed by atoms with van der Waals surface area (Å²) in [5.41, 5.74) is 4.05. The van der Waals surface area contributed by atoms with Crippen molar-refractivity contribution in [2.24, 2.45) is 0 Å². The second-order valence-electron chi connectivity index (χ2n) is 5.11. The van der Waals surface area contributed by atoms with Gasteiger partial charge in [-0.15, -0.1) is 0 Å². The summed E-state index contributed by atoms with van der Waals surface area (Å²) in [6.07, 6.45) is 9.86. The predicted molar refractivity (Wildman–Crippen MR) is 71.3 cm³/mol. The van der Waals surface area contributed by atoms with E-state index in [1.807, 2.05) is 12.3 Å². The third kappa shape index (κ3) is 1.86. The van der Waals surface area contributed by atoms with Gasteiger partial charge in [0, 0.05) is 17.3 Å². The number of hydrogen-bond donors (Lipinski definition) is 1. The first-order chi connectivity index (χ1) is 8.40. The third-order valence-corrected chi connectivity index (χ3v) is 4.08. The minimum atomic E-state index is 0.743. The first-order valence-corrected chi connectivity index (χ1v) is 6.85. The van der Waals surface area contributed by atoms with Crippen LogP contribution in [0.25, 0.3) is 11.0 Å². The lowest BCUT2D eigenvalue weighted by molar-refractivity contribution is 0.436. The average molecular weight is 228 g/mol. The number of pyridine rings is 1. The topological polar surface area (TPSA) is 28.7 Å². The van der Waals surface area contributed by atoms with E-state index in [4.69, 9.17) is 0 Å². The lowest BCUT2D eigenvalue weighted by atomic mass is 9.85. The molecule has 0 unspecified atom stereocenters. The van der Waals surface area contributed by atoms with Crippen LogP contribution in [-0.2, 0) is 6.42 Å². The van der Waals surface area contributed by atoms with Gasteiger partial charge in [0.05, 0.1) is 0 Å². The summed E-state index contributed by atoms with van der Waals surface area (Å²) < 4.78 is 0. The van der Waals surface area contributed by atoms with E-state index in [9.17, 15) is 0 Å². The molecule has 0 radical (unpaired) electrons. The van der Waals surface area contributed by atoms with Crippen LogP contribution in [0.4, 0.5) is 0 Å². The Labute approximate surface area is 102 Å². The van der Waals surface area contributed by atoms with Gasteiger partial charge < -0.3 is 4.98 Å². The average Bonchev–Trinajstić information content (AvgIpc) is 2.78. The molecule has 0 aliphatic heterocycles. The lowest BCUT2D eigenvalue weighted by Gasteiger charge is -2.21. The molecule has 1 aliphatic carbocycles. The van der Waals surface area contributed by atoms with Crippen molar-refractivity contribution < 1.29 is 0 Å². The van der Waals surface area contributed by atoms with Gasteiger partial charge in [0.15, 0.2) is 0 Å². The van der Waals surface area contributed by atoms with Crippen molar-refractivity contribution in [1.29, 1.82) is 0 Å². The van der Waals surface area contributed by atoms with Crippen molar-refractivity contribution in [2.45, 2.75) is 51.4 Å². The number of nitrogens with one attached hydrogen (secondary N) is 1. The number of fused-ring (bicyclic) bond motifs is 1. The Morgan fingerprint density at radius 1 is 1.29 bits per heavy atom. The van der Waals surface area contributed by atoms with E-state index in [1.54, 1.807) is 0 Å². The zero-order chi connectivity index (χ0) is 11.7. The van der Waals surface area contributed by atoms with Crippen LogP contribution in [0, 0.1) is 0 Å². The summed E-state index contributed by atoms with van der Waals surface area (Å²) in [4.78, 5) is 8.02. The van der Waals surface area contributed by atoms with Gasteiger partial charge >= 0.3 is 0 Å². The standard InChI is InChI=1S/C15H20N2/c1-2-12-13-9-6-10-16-15(13)17-14(12)11-7-4-3-5-8-11/h6,9-11H,2-5,7-8H2,1H3,(H,16,17). The Morgan fingerprint density at radius 2 is 2.12 bits per heavy atom. The molecule has 2 aromatic heterocycles. The maximum Gasteiger partial charge on any atom is 0.137 e. The Morgan fingerprint density at radius 3 is 2.88 bits per heavy atom. The molecule has 1 N–H and O–H groups in total. The fourth-order valence-corrected chi connectivity index (χ4v) is 3.22. The van der Waals surface area contributed by atoms with Crippen LogP contribution in [0.2, 0.25) is 0 Å². The van der Waals surface area contributed by atoms with E-state index in [1.165, 1.54) is 48.7 Å². The largest absolute Gasteiger partial charge is 0.343 e. The van der Waals surface area contributed by atoms with Crippen molar-refractivity contribution in [2.75, 3.05) is 0 Å². The molecule has 1 aliphatic rings. The Balaban J connectivity index is 2.08. The molecule has 0 atom stereocenters. The molecule has 0 saturated heterocycles. The Bertz CT molecular complexity index is 507. The predicted octanol–water partition coefficient (Wildman–Crippen LogP) is 4.17. The van der Waals surface area contributed by atoms with Crippen LogP contribution >= 0.6 is 0 Å². The minimum Gasteiger partial charge on any atom is -0.343 e. The van der Waals surface area contributed by atoms with E-state index in [0.29, 0.717) is 0 Å². The number of aromatic amines is 1. The number of rotatable bonds is 2. The number of nitrogens with zero attached hydrogens (tertiary/aromatic N) is 1. The number of aryl methyl sites for hydroxylation is 1. The Hall–Kier alpha value is -1.31. The molecule has 0 amide bonds. The highest BCUT2D eigenvalue weighted by atomic mass is 14.9. The summed E-state index contributed by atoms with van der Waals surface area (Å²) in [5.74, 6) is 0.743. The van der Waals surface area contributed by atoms with Crippen molar-refractivity contribution >= 4 is 11.0 Å². The summed E-state index contributed by atoms with van der Waals surface area (Å²) in [6.45, 7) is 2.25. The van der Waals surface area contributed by atoms with Gasteiger partial charge in [0.2, 0.25) is 0 Å². The van der Waals surface area contributed by atoms with Gasteiger partial charge in [-0.1, -0.05) is 26.2 Å². The first-order valence-electron chi connectivity index (χ1n) is 6.85. The molecule has 3 rings (SSSR count). The summed E-state index contributed by atoms with van der Waals surface area (Å²) in [5, 5.41) is 1.33. The smallest absolute Gasteiger partial charge is 0.137 e. The number of H-pyrrole nitrogens is 1. The zero-order valence-corrected chi connectivity index (χ0v) is 10.5. The van der Waals surface area contributed by atoms with E-state index < -0.39 is 0 Å². The van der Waals surface area contributed by atoms with E-state index >= 15 is 0 Å². The minimum absolute atomic E-state index is 0.743. The summed E-state index contributed by atoms with van der Waals surface area (Å²) in [6, 6.07) is 4.24.